The minimum atomic E-state index is -0.938. The van der Waals surface area contributed by atoms with Gasteiger partial charge in [-0.3, -0.25) is 4.79 Å². The molecule has 1 heterocycles. The summed E-state index contributed by atoms with van der Waals surface area (Å²) in [4.78, 5) is 13.2. The molecule has 1 amide bonds. The Morgan fingerprint density at radius 3 is 2.63 bits per heavy atom. The first-order chi connectivity index (χ1) is 8.88. The molecule has 2 atom stereocenters. The van der Waals surface area contributed by atoms with E-state index in [1.54, 1.807) is 0 Å². The highest BCUT2D eigenvalue weighted by molar-refractivity contribution is 5.94. The van der Waals surface area contributed by atoms with Crippen molar-refractivity contribution in [2.24, 2.45) is 5.73 Å². The Hall–Kier alpha value is -1.69. The SMILES string of the molecule is CC1CC(Nc2cc(C(N)=O)c(F)cc2F)CN1C. The summed E-state index contributed by atoms with van der Waals surface area (Å²) < 4.78 is 27.0. The van der Waals surface area contributed by atoms with Crippen LogP contribution in [0.2, 0.25) is 0 Å². The maximum Gasteiger partial charge on any atom is 0.251 e. The molecule has 3 N–H and O–H groups in total. The summed E-state index contributed by atoms with van der Waals surface area (Å²) in [7, 11) is 1.99. The highest BCUT2D eigenvalue weighted by Gasteiger charge is 2.27. The predicted octanol–water partition coefficient (Wildman–Crippen LogP) is 1.57. The van der Waals surface area contributed by atoms with Gasteiger partial charge in [0, 0.05) is 24.7 Å². The molecular weight excluding hydrogens is 252 g/mol. The van der Waals surface area contributed by atoms with Crippen molar-refractivity contribution in [1.29, 1.82) is 0 Å². The second kappa shape index (κ2) is 5.13. The van der Waals surface area contributed by atoms with Crippen LogP contribution >= 0.6 is 0 Å². The molecule has 2 unspecified atom stereocenters. The number of carbonyl (C=O) groups is 1. The number of nitrogens with zero attached hydrogens (tertiary/aromatic N) is 1. The largest absolute Gasteiger partial charge is 0.379 e. The molecule has 0 radical (unpaired) electrons. The topological polar surface area (TPSA) is 58.4 Å². The summed E-state index contributed by atoms with van der Waals surface area (Å²) in [5.74, 6) is -2.56. The van der Waals surface area contributed by atoms with E-state index < -0.39 is 17.5 Å². The zero-order valence-corrected chi connectivity index (χ0v) is 10.9. The van der Waals surface area contributed by atoms with Crippen LogP contribution in [0.15, 0.2) is 12.1 Å². The van der Waals surface area contributed by atoms with E-state index in [9.17, 15) is 13.6 Å². The molecule has 1 aliphatic rings. The van der Waals surface area contributed by atoms with Crippen molar-refractivity contribution >= 4 is 11.6 Å². The molecule has 1 aromatic rings. The Bertz CT molecular complexity index is 497. The number of hydrogen-bond donors (Lipinski definition) is 2. The van der Waals surface area contributed by atoms with Crippen molar-refractivity contribution in [3.8, 4) is 0 Å². The Morgan fingerprint density at radius 2 is 2.11 bits per heavy atom. The van der Waals surface area contributed by atoms with Gasteiger partial charge >= 0.3 is 0 Å². The number of nitrogens with two attached hydrogens (primary N) is 1. The molecule has 1 aliphatic heterocycles. The zero-order chi connectivity index (χ0) is 14.2. The second-order valence-corrected chi connectivity index (χ2v) is 5.04. The zero-order valence-electron chi connectivity index (χ0n) is 10.9. The lowest BCUT2D eigenvalue weighted by atomic mass is 10.1. The van der Waals surface area contributed by atoms with Crippen LogP contribution in [0.5, 0.6) is 0 Å². The van der Waals surface area contributed by atoms with E-state index in [0.717, 1.165) is 19.0 Å². The van der Waals surface area contributed by atoms with E-state index in [1.807, 2.05) is 7.05 Å². The van der Waals surface area contributed by atoms with Gasteiger partial charge in [-0.2, -0.15) is 0 Å². The summed E-state index contributed by atoms with van der Waals surface area (Å²) in [6, 6.07) is 2.29. The molecule has 6 heteroatoms. The van der Waals surface area contributed by atoms with Gasteiger partial charge in [0.15, 0.2) is 0 Å². The first-order valence-corrected chi connectivity index (χ1v) is 6.14. The fourth-order valence-electron chi connectivity index (χ4n) is 2.37. The lowest BCUT2D eigenvalue weighted by Gasteiger charge is -2.15. The van der Waals surface area contributed by atoms with E-state index in [4.69, 9.17) is 5.73 Å². The number of amides is 1. The molecular formula is C13H17F2N3O. The van der Waals surface area contributed by atoms with Crippen molar-refractivity contribution < 1.29 is 13.6 Å². The monoisotopic (exact) mass is 269 g/mol. The molecule has 19 heavy (non-hydrogen) atoms. The maximum atomic E-state index is 13.7. The molecule has 104 valence electrons. The summed E-state index contributed by atoms with van der Waals surface area (Å²) in [5.41, 5.74) is 4.86. The van der Waals surface area contributed by atoms with Crippen molar-refractivity contribution in [2.45, 2.75) is 25.4 Å². The van der Waals surface area contributed by atoms with E-state index in [2.05, 4.69) is 17.1 Å². The van der Waals surface area contributed by atoms with Crippen molar-refractivity contribution in [3.63, 3.8) is 0 Å². The summed E-state index contributed by atoms with van der Waals surface area (Å²) in [6.07, 6.45) is 0.860. The summed E-state index contributed by atoms with van der Waals surface area (Å²) in [6.45, 7) is 2.85. The van der Waals surface area contributed by atoms with Crippen molar-refractivity contribution in [2.75, 3.05) is 18.9 Å². The third-order valence-corrected chi connectivity index (χ3v) is 3.57. The van der Waals surface area contributed by atoms with Crippen molar-refractivity contribution in [1.82, 2.24) is 4.90 Å². The lowest BCUT2D eigenvalue weighted by molar-refractivity contribution is 0.0996. The quantitative estimate of drug-likeness (QED) is 0.875. The average molecular weight is 269 g/mol. The van der Waals surface area contributed by atoms with Gasteiger partial charge < -0.3 is 16.0 Å². The number of rotatable bonds is 3. The van der Waals surface area contributed by atoms with Crippen LogP contribution in [0.3, 0.4) is 0 Å². The average Bonchev–Trinajstić information content (AvgIpc) is 2.61. The number of primary amides is 1. The number of hydrogen-bond acceptors (Lipinski definition) is 3. The van der Waals surface area contributed by atoms with E-state index in [0.29, 0.717) is 12.1 Å². The Kier molecular flexibility index (Phi) is 3.71. The molecule has 0 aromatic heterocycles. The second-order valence-electron chi connectivity index (χ2n) is 5.04. The van der Waals surface area contributed by atoms with E-state index >= 15 is 0 Å². The van der Waals surface area contributed by atoms with Crippen LogP contribution in [0.25, 0.3) is 0 Å². The number of likely N-dealkylation sites (tertiary alicyclic amines) is 1. The van der Waals surface area contributed by atoms with Gasteiger partial charge in [0.1, 0.15) is 11.6 Å². The fraction of sp³-hybridized carbons (Fsp3) is 0.462. The molecule has 1 saturated heterocycles. The Labute approximate surface area is 110 Å². The molecule has 0 bridgehead atoms. The molecule has 4 nitrogen and oxygen atoms in total. The minimum absolute atomic E-state index is 0.0701. The molecule has 0 saturated carbocycles. The van der Waals surface area contributed by atoms with Gasteiger partial charge in [-0.1, -0.05) is 0 Å². The molecule has 1 aromatic carbocycles. The standard InChI is InChI=1S/C13H17F2N3O/c1-7-3-8(6-18(7)2)17-12-4-9(13(16)19)10(14)5-11(12)15/h4-5,7-8,17H,3,6H2,1-2H3,(H2,16,19). The van der Waals surface area contributed by atoms with Crippen molar-refractivity contribution in [3.05, 3.63) is 29.3 Å². The van der Waals surface area contributed by atoms with Gasteiger partial charge in [-0.15, -0.1) is 0 Å². The molecule has 1 fully saturated rings. The number of benzene rings is 1. The summed E-state index contributed by atoms with van der Waals surface area (Å²) >= 11 is 0. The van der Waals surface area contributed by atoms with Gasteiger partial charge in [0.2, 0.25) is 0 Å². The third-order valence-electron chi connectivity index (χ3n) is 3.57. The number of anilines is 1. The highest BCUT2D eigenvalue weighted by atomic mass is 19.1. The lowest BCUT2D eigenvalue weighted by Crippen LogP contribution is -2.25. The maximum absolute atomic E-state index is 13.7. The molecule has 0 spiro atoms. The molecule has 2 rings (SSSR count). The van der Waals surface area contributed by atoms with Crippen LogP contribution < -0.4 is 11.1 Å². The number of halogens is 2. The molecule has 0 aliphatic carbocycles. The van der Waals surface area contributed by atoms with Crippen LogP contribution in [0.4, 0.5) is 14.5 Å². The summed E-state index contributed by atoms with van der Waals surface area (Å²) in [5, 5.41) is 3.00. The van der Waals surface area contributed by atoms with Crippen LogP contribution in [-0.2, 0) is 0 Å². The fourth-order valence-corrected chi connectivity index (χ4v) is 2.37. The first kappa shape index (κ1) is 13.7. The van der Waals surface area contributed by atoms with E-state index in [-0.39, 0.29) is 17.3 Å². The Morgan fingerprint density at radius 1 is 1.42 bits per heavy atom. The Balaban J connectivity index is 2.21. The van der Waals surface area contributed by atoms with Gasteiger partial charge in [-0.25, -0.2) is 8.78 Å². The van der Waals surface area contributed by atoms with Gasteiger partial charge in [0.25, 0.3) is 5.91 Å². The smallest absolute Gasteiger partial charge is 0.251 e. The minimum Gasteiger partial charge on any atom is -0.379 e. The first-order valence-electron chi connectivity index (χ1n) is 6.14. The normalized spacial score (nSPS) is 23.6. The van der Waals surface area contributed by atoms with Crippen LogP contribution in [0.1, 0.15) is 23.7 Å². The highest BCUT2D eigenvalue weighted by Crippen LogP contribution is 2.24. The number of carbonyl (C=O) groups excluding carboxylic acids is 1. The van der Waals surface area contributed by atoms with Gasteiger partial charge in [-0.05, 0) is 26.5 Å². The van der Waals surface area contributed by atoms with Crippen LogP contribution in [-0.4, -0.2) is 36.5 Å². The number of nitrogens with one attached hydrogen (secondary N) is 1. The predicted molar refractivity (Wildman–Crippen MR) is 69.0 cm³/mol. The van der Waals surface area contributed by atoms with Gasteiger partial charge in [0.05, 0.1) is 11.3 Å². The van der Waals surface area contributed by atoms with Crippen LogP contribution in [0, 0.1) is 11.6 Å². The third kappa shape index (κ3) is 2.84. The number of likely N-dealkylation sites (N-methyl/N-ethyl adjacent to an activating group) is 1. The van der Waals surface area contributed by atoms with E-state index in [1.165, 1.54) is 0 Å².